The first-order chi connectivity index (χ1) is 10.1. The average Bonchev–Trinajstić information content (AvgIpc) is 2.49. The Morgan fingerprint density at radius 1 is 1.14 bits per heavy atom. The Kier molecular flexibility index (Phi) is 7.71. The molecule has 0 aliphatic heterocycles. The first-order valence-corrected chi connectivity index (χ1v) is 8.94. The van der Waals surface area contributed by atoms with Crippen LogP contribution in [0.5, 0.6) is 5.75 Å². The van der Waals surface area contributed by atoms with Crippen LogP contribution in [-0.2, 0) is 10.0 Å². The zero-order valence-corrected chi connectivity index (χ0v) is 13.9. The molecule has 120 valence electrons. The summed E-state index contributed by atoms with van der Waals surface area (Å²) in [6, 6.07) is 6.63. The zero-order valence-electron chi connectivity index (χ0n) is 13.1. The van der Waals surface area contributed by atoms with E-state index >= 15 is 0 Å². The van der Waals surface area contributed by atoms with Crippen LogP contribution in [-0.4, -0.2) is 45.5 Å². The van der Waals surface area contributed by atoms with Crippen molar-refractivity contribution in [1.82, 2.24) is 9.62 Å². The molecule has 0 saturated heterocycles. The van der Waals surface area contributed by atoms with Crippen LogP contribution in [0.15, 0.2) is 29.2 Å². The summed E-state index contributed by atoms with van der Waals surface area (Å²) in [7, 11) is -3.39. The number of benzene rings is 1. The lowest BCUT2D eigenvalue weighted by Crippen LogP contribution is -2.31. The zero-order chi connectivity index (χ0) is 15.7. The van der Waals surface area contributed by atoms with Crippen molar-refractivity contribution in [1.29, 1.82) is 0 Å². The lowest BCUT2D eigenvalue weighted by atomic mass is 10.3. The molecule has 0 atom stereocenters. The summed E-state index contributed by atoms with van der Waals surface area (Å²) in [6.45, 7) is 9.13. The first-order valence-electron chi connectivity index (χ1n) is 7.50. The molecular weight excluding hydrogens is 288 g/mol. The topological polar surface area (TPSA) is 58.6 Å². The summed E-state index contributed by atoms with van der Waals surface area (Å²) >= 11 is 0. The number of hydrogen-bond donors (Lipinski definition) is 1. The van der Waals surface area contributed by atoms with Crippen LogP contribution in [0.2, 0.25) is 0 Å². The van der Waals surface area contributed by atoms with E-state index in [-0.39, 0.29) is 0 Å². The molecule has 0 aliphatic rings. The quantitative estimate of drug-likeness (QED) is 0.672. The Bertz CT molecular complexity index is 500. The van der Waals surface area contributed by atoms with E-state index in [0.717, 1.165) is 19.5 Å². The normalized spacial score (nSPS) is 11.8. The van der Waals surface area contributed by atoms with Crippen molar-refractivity contribution in [3.63, 3.8) is 0 Å². The summed E-state index contributed by atoms with van der Waals surface area (Å²) in [6.07, 6.45) is 0.804. The fourth-order valence-electron chi connectivity index (χ4n) is 1.97. The molecule has 1 rings (SSSR count). The molecule has 1 aromatic rings. The first kappa shape index (κ1) is 17.9. The van der Waals surface area contributed by atoms with Gasteiger partial charge in [-0.15, -0.1) is 0 Å². The van der Waals surface area contributed by atoms with E-state index in [1.54, 1.807) is 24.3 Å². The lowest BCUT2D eigenvalue weighted by Gasteiger charge is -2.19. The van der Waals surface area contributed by atoms with Gasteiger partial charge in [-0.1, -0.05) is 20.8 Å². The van der Waals surface area contributed by atoms with Crippen molar-refractivity contribution in [2.45, 2.75) is 32.1 Å². The fraction of sp³-hybridized carbons (Fsp3) is 0.600. The molecule has 1 aromatic carbocycles. The van der Waals surface area contributed by atoms with Crippen LogP contribution in [0.3, 0.4) is 0 Å². The van der Waals surface area contributed by atoms with Crippen molar-refractivity contribution in [3.05, 3.63) is 24.3 Å². The molecular formula is C15H26N2O3S. The average molecular weight is 314 g/mol. The van der Waals surface area contributed by atoms with Crippen molar-refractivity contribution in [2.75, 3.05) is 32.8 Å². The number of rotatable bonds is 10. The second kappa shape index (κ2) is 9.02. The molecule has 0 radical (unpaired) electrons. The van der Waals surface area contributed by atoms with Crippen LogP contribution in [0.1, 0.15) is 27.2 Å². The van der Waals surface area contributed by atoms with E-state index in [0.29, 0.717) is 30.3 Å². The maximum absolute atomic E-state index is 12.4. The third-order valence-electron chi connectivity index (χ3n) is 3.08. The predicted molar refractivity (Wildman–Crippen MR) is 85.2 cm³/mol. The highest BCUT2D eigenvalue weighted by Crippen LogP contribution is 2.19. The Morgan fingerprint density at radius 2 is 1.81 bits per heavy atom. The van der Waals surface area contributed by atoms with E-state index in [2.05, 4.69) is 5.32 Å². The van der Waals surface area contributed by atoms with Crippen LogP contribution in [0, 0.1) is 0 Å². The van der Waals surface area contributed by atoms with Crippen molar-refractivity contribution < 1.29 is 13.2 Å². The second-order valence-electron chi connectivity index (χ2n) is 4.67. The van der Waals surface area contributed by atoms with Gasteiger partial charge in [0.15, 0.2) is 0 Å². The molecule has 0 unspecified atom stereocenters. The minimum Gasteiger partial charge on any atom is -0.492 e. The van der Waals surface area contributed by atoms with Gasteiger partial charge in [-0.05, 0) is 37.2 Å². The Balaban J connectivity index is 2.72. The highest BCUT2D eigenvalue weighted by atomic mass is 32.2. The van der Waals surface area contributed by atoms with Gasteiger partial charge in [0.2, 0.25) is 10.0 Å². The summed E-state index contributed by atoms with van der Waals surface area (Å²) in [5.74, 6) is 0.686. The van der Waals surface area contributed by atoms with Crippen molar-refractivity contribution >= 4 is 10.0 Å². The van der Waals surface area contributed by atoms with Gasteiger partial charge in [0, 0.05) is 19.6 Å². The molecule has 1 N–H and O–H groups in total. The SMILES string of the molecule is CCCN(CC)S(=O)(=O)c1ccc(OCCNCC)cc1. The van der Waals surface area contributed by atoms with Gasteiger partial charge in [-0.2, -0.15) is 4.31 Å². The Morgan fingerprint density at radius 3 is 2.33 bits per heavy atom. The summed E-state index contributed by atoms with van der Waals surface area (Å²) < 4.78 is 31.9. The van der Waals surface area contributed by atoms with Gasteiger partial charge in [-0.3, -0.25) is 0 Å². The molecule has 0 aromatic heterocycles. The van der Waals surface area contributed by atoms with Crippen LogP contribution >= 0.6 is 0 Å². The third kappa shape index (κ3) is 5.30. The molecule has 0 heterocycles. The number of nitrogens with one attached hydrogen (secondary N) is 1. The molecule has 6 heteroatoms. The van der Waals surface area contributed by atoms with Gasteiger partial charge in [0.25, 0.3) is 0 Å². The largest absolute Gasteiger partial charge is 0.492 e. The fourth-order valence-corrected chi connectivity index (χ4v) is 3.51. The smallest absolute Gasteiger partial charge is 0.243 e. The molecule has 0 bridgehead atoms. The molecule has 5 nitrogen and oxygen atoms in total. The van der Waals surface area contributed by atoms with Crippen molar-refractivity contribution in [3.8, 4) is 5.75 Å². The van der Waals surface area contributed by atoms with Gasteiger partial charge in [0.1, 0.15) is 12.4 Å². The highest BCUT2D eigenvalue weighted by molar-refractivity contribution is 7.89. The number of hydrogen-bond acceptors (Lipinski definition) is 4. The van der Waals surface area contributed by atoms with E-state index in [1.807, 2.05) is 20.8 Å². The van der Waals surface area contributed by atoms with Gasteiger partial charge in [0.05, 0.1) is 4.90 Å². The molecule has 0 amide bonds. The molecule has 0 fully saturated rings. The maximum atomic E-state index is 12.4. The van der Waals surface area contributed by atoms with Crippen LogP contribution < -0.4 is 10.1 Å². The van der Waals surface area contributed by atoms with Gasteiger partial charge >= 0.3 is 0 Å². The minimum absolute atomic E-state index is 0.317. The summed E-state index contributed by atoms with van der Waals surface area (Å²) in [5.41, 5.74) is 0. The van der Waals surface area contributed by atoms with Crippen molar-refractivity contribution in [2.24, 2.45) is 0 Å². The number of sulfonamides is 1. The second-order valence-corrected chi connectivity index (χ2v) is 6.61. The Labute approximate surface area is 128 Å². The highest BCUT2D eigenvalue weighted by Gasteiger charge is 2.21. The molecule has 0 spiro atoms. The van der Waals surface area contributed by atoms with E-state index in [1.165, 1.54) is 4.31 Å². The minimum atomic E-state index is -3.39. The van der Waals surface area contributed by atoms with E-state index in [9.17, 15) is 8.42 Å². The number of likely N-dealkylation sites (N-methyl/N-ethyl adjacent to an activating group) is 1. The summed E-state index contributed by atoms with van der Waals surface area (Å²) in [5, 5.41) is 3.16. The number of ether oxygens (including phenoxy) is 1. The molecule has 0 saturated carbocycles. The Hall–Kier alpha value is -1.11. The van der Waals surface area contributed by atoms with Gasteiger partial charge < -0.3 is 10.1 Å². The maximum Gasteiger partial charge on any atom is 0.243 e. The predicted octanol–water partition coefficient (Wildman–Crippen LogP) is 2.10. The van der Waals surface area contributed by atoms with Crippen LogP contribution in [0.25, 0.3) is 0 Å². The number of nitrogens with zero attached hydrogens (tertiary/aromatic N) is 1. The molecule has 21 heavy (non-hydrogen) atoms. The molecule has 0 aliphatic carbocycles. The summed E-state index contributed by atoms with van der Waals surface area (Å²) in [4.78, 5) is 0.317. The third-order valence-corrected chi connectivity index (χ3v) is 5.07. The monoisotopic (exact) mass is 314 g/mol. The van der Waals surface area contributed by atoms with E-state index in [4.69, 9.17) is 4.74 Å². The van der Waals surface area contributed by atoms with E-state index < -0.39 is 10.0 Å². The van der Waals surface area contributed by atoms with Crippen LogP contribution in [0.4, 0.5) is 0 Å². The lowest BCUT2D eigenvalue weighted by molar-refractivity contribution is 0.315. The van der Waals surface area contributed by atoms with Gasteiger partial charge in [-0.25, -0.2) is 8.42 Å². The standard InChI is InChI=1S/C15H26N2O3S/c1-4-12-17(6-3)21(18,19)15-9-7-14(8-10-15)20-13-11-16-5-2/h7-10,16H,4-6,11-13H2,1-3H3.